The van der Waals surface area contributed by atoms with Gasteiger partial charge in [-0.05, 0) is 0 Å². The van der Waals surface area contributed by atoms with Gasteiger partial charge in [0.05, 0.1) is 0 Å². The monoisotopic (exact) mass is 748 g/mol. The zero-order valence-corrected chi connectivity index (χ0v) is 29.0. The molecule has 0 amide bonds. The van der Waals surface area contributed by atoms with Crippen molar-refractivity contribution in [1.29, 1.82) is 0 Å². The van der Waals surface area contributed by atoms with Crippen molar-refractivity contribution in [2.45, 2.75) is 77.6 Å². The van der Waals surface area contributed by atoms with Crippen LogP contribution in [0.2, 0.25) is 0 Å². The van der Waals surface area contributed by atoms with Gasteiger partial charge in [-0.2, -0.15) is 0 Å². The number of aryl methyl sites for hydroxylation is 1. The second kappa shape index (κ2) is 12.1. The fraction of sp³-hybridized carbons (Fsp3) is 0.353. The topological polar surface area (TPSA) is 0 Å². The van der Waals surface area contributed by atoms with Crippen LogP contribution in [0.15, 0.2) is 52.6 Å². The average molecular weight is 745 g/mol. The van der Waals surface area contributed by atoms with Crippen molar-refractivity contribution < 1.29 is 0 Å². The molecule has 0 radical (unpaired) electrons. The average Bonchev–Trinajstić information content (AvgIpc) is 3.75. The van der Waals surface area contributed by atoms with Crippen molar-refractivity contribution in [3.8, 4) is 9.31 Å². The maximum atomic E-state index is 2.54. The standard InChI is InChI=1S/C34H34S3SeTe/c1-2-3-4-5-6-7-8-9-10-11-12-24-13-14-27(35-24)31-19-23-18-29-25(20-30(23)38-31)33-34(37-29)26-21-32-22(15-16-39-32)17-28(26)36-33/h13-21H,2-12H2,1H3. The summed E-state index contributed by atoms with van der Waals surface area (Å²) in [6.07, 6.45) is 15.4. The molecule has 0 unspecified atom stereocenters. The first-order valence-corrected chi connectivity index (χ1v) is 21.2. The van der Waals surface area contributed by atoms with Gasteiger partial charge in [0.1, 0.15) is 0 Å². The summed E-state index contributed by atoms with van der Waals surface area (Å²) in [4.78, 5) is 3.09. The molecule has 0 fully saturated rings. The summed E-state index contributed by atoms with van der Waals surface area (Å²) in [5.41, 5.74) is 0. The number of unbranched alkanes of at least 4 members (excludes halogenated alkanes) is 9. The van der Waals surface area contributed by atoms with Crippen LogP contribution in [-0.4, -0.2) is 34.9 Å². The molecular formula is C34H34S3SeTe. The molecule has 5 heterocycles. The first kappa shape index (κ1) is 27.0. The van der Waals surface area contributed by atoms with E-state index in [4.69, 9.17) is 0 Å². The molecule has 0 saturated carbocycles. The van der Waals surface area contributed by atoms with E-state index in [1.807, 2.05) is 22.7 Å². The fourth-order valence-corrected chi connectivity index (χ4v) is 14.4. The molecule has 0 aliphatic carbocycles. The zero-order chi connectivity index (χ0) is 26.2. The predicted molar refractivity (Wildman–Crippen MR) is 182 cm³/mol. The van der Waals surface area contributed by atoms with Crippen molar-refractivity contribution in [3.63, 3.8) is 0 Å². The second-order valence-corrected chi connectivity index (χ2v) is 19.1. The van der Waals surface area contributed by atoms with Crippen LogP contribution in [0.1, 0.15) is 76.0 Å². The molecule has 0 nitrogen and oxygen atoms in total. The van der Waals surface area contributed by atoms with E-state index < -0.39 is 0 Å². The number of hydrogen-bond donors (Lipinski definition) is 0. The van der Waals surface area contributed by atoms with Gasteiger partial charge in [-0.1, -0.05) is 26.2 Å². The van der Waals surface area contributed by atoms with E-state index in [0.717, 1.165) is 0 Å². The van der Waals surface area contributed by atoms with Crippen LogP contribution in [0.4, 0.5) is 0 Å². The molecule has 0 aliphatic rings. The Morgan fingerprint density at radius 2 is 1.36 bits per heavy atom. The molecule has 5 aromatic heterocycles. The van der Waals surface area contributed by atoms with E-state index in [0.29, 0.717) is 14.5 Å². The molecule has 0 aliphatic heterocycles. The molecule has 0 N–H and O–H groups in total. The van der Waals surface area contributed by atoms with Crippen LogP contribution in [0.3, 0.4) is 0 Å². The molecule has 39 heavy (non-hydrogen) atoms. The molecule has 2 aromatic carbocycles. The Hall–Kier alpha value is -0.891. The number of thiophene rings is 3. The van der Waals surface area contributed by atoms with Gasteiger partial charge in [0.2, 0.25) is 0 Å². The first-order valence-electron chi connectivity index (χ1n) is 14.6. The number of rotatable bonds is 12. The number of fused-ring (bicyclic) bond motifs is 7. The van der Waals surface area contributed by atoms with E-state index in [-0.39, 0.29) is 20.4 Å². The quantitative estimate of drug-likeness (QED) is 0.0863. The van der Waals surface area contributed by atoms with Crippen molar-refractivity contribution >= 4 is 117 Å². The van der Waals surface area contributed by atoms with Gasteiger partial charge < -0.3 is 0 Å². The molecular weight excluding hydrogens is 711 g/mol. The molecule has 7 rings (SSSR count). The van der Waals surface area contributed by atoms with Gasteiger partial charge in [-0.25, -0.2) is 0 Å². The van der Waals surface area contributed by atoms with Gasteiger partial charge in [-0.3, -0.25) is 0 Å². The van der Waals surface area contributed by atoms with Crippen LogP contribution < -0.4 is 0 Å². The Morgan fingerprint density at radius 3 is 2.13 bits per heavy atom. The molecule has 0 spiro atoms. The summed E-state index contributed by atoms with van der Waals surface area (Å²) in [6.45, 7) is 2.30. The van der Waals surface area contributed by atoms with Gasteiger partial charge >= 0.3 is 235 Å². The van der Waals surface area contributed by atoms with Crippen LogP contribution in [0.5, 0.6) is 0 Å². The van der Waals surface area contributed by atoms with E-state index in [1.165, 1.54) is 116 Å². The maximum absolute atomic E-state index is 2.54. The summed E-state index contributed by atoms with van der Waals surface area (Å²) in [6, 6.07) is 19.6. The van der Waals surface area contributed by atoms with Crippen molar-refractivity contribution in [2.24, 2.45) is 0 Å². The predicted octanol–water partition coefficient (Wildman–Crippen LogP) is 11.9. The van der Waals surface area contributed by atoms with Crippen LogP contribution >= 0.6 is 34.0 Å². The Labute approximate surface area is 259 Å². The summed E-state index contributed by atoms with van der Waals surface area (Å²) >= 11 is 6.37. The third-order valence-corrected chi connectivity index (χ3v) is 16.8. The Balaban J connectivity index is 1.03. The van der Waals surface area contributed by atoms with Crippen LogP contribution in [0.25, 0.3) is 57.3 Å². The molecule has 0 bridgehead atoms. The van der Waals surface area contributed by atoms with E-state index in [1.54, 1.807) is 17.0 Å². The van der Waals surface area contributed by atoms with Crippen molar-refractivity contribution in [2.75, 3.05) is 0 Å². The Bertz CT molecular complexity index is 1870. The molecule has 0 atom stereocenters. The summed E-state index contributed by atoms with van der Waals surface area (Å²) < 4.78 is 13.2. The van der Waals surface area contributed by atoms with Gasteiger partial charge in [0.25, 0.3) is 0 Å². The van der Waals surface area contributed by atoms with Gasteiger partial charge in [-0.15, -0.1) is 0 Å². The fourth-order valence-electron chi connectivity index (χ4n) is 5.80. The number of benzene rings is 2. The SMILES string of the molecule is CCCCCCCCCCCCc1ccc(-c2cc3cc4sc5c6cc7[te]ccc7cc6sc5c4cc3[se]2)s1. The minimum atomic E-state index is -0.115. The Morgan fingerprint density at radius 1 is 0.667 bits per heavy atom. The Kier molecular flexibility index (Phi) is 8.40. The molecule has 200 valence electrons. The summed E-state index contributed by atoms with van der Waals surface area (Å²) in [5.74, 6) is 0. The number of hydrogen-bond acceptors (Lipinski definition) is 3. The minimum absolute atomic E-state index is 0.115. The molecule has 5 heteroatoms. The molecule has 7 aromatic rings. The molecule has 0 saturated heterocycles. The van der Waals surface area contributed by atoms with E-state index in [2.05, 4.69) is 70.9 Å². The van der Waals surface area contributed by atoms with Crippen LogP contribution in [-0.2, 0) is 6.42 Å². The second-order valence-electron chi connectivity index (χ2n) is 10.9. The van der Waals surface area contributed by atoms with Crippen molar-refractivity contribution in [3.05, 3.63) is 57.5 Å². The normalized spacial score (nSPS) is 12.3. The van der Waals surface area contributed by atoms with Crippen LogP contribution in [0, 0.1) is 0 Å². The third-order valence-electron chi connectivity index (χ3n) is 7.97. The van der Waals surface area contributed by atoms with Gasteiger partial charge in [0, 0.05) is 0 Å². The van der Waals surface area contributed by atoms with E-state index in [9.17, 15) is 0 Å². The summed E-state index contributed by atoms with van der Waals surface area (Å²) in [5, 5.41) is 5.94. The van der Waals surface area contributed by atoms with Gasteiger partial charge in [0.15, 0.2) is 0 Å². The summed E-state index contributed by atoms with van der Waals surface area (Å²) in [7, 11) is 0. The first-order chi connectivity index (χ1) is 19.3. The zero-order valence-electron chi connectivity index (χ0n) is 22.5. The van der Waals surface area contributed by atoms with E-state index >= 15 is 0 Å². The van der Waals surface area contributed by atoms with Crippen molar-refractivity contribution in [1.82, 2.24) is 0 Å². The third kappa shape index (κ3) is 5.63.